The fourth-order valence-electron chi connectivity index (χ4n) is 2.07. The molecule has 0 saturated heterocycles. The summed E-state index contributed by atoms with van der Waals surface area (Å²) < 4.78 is 40.8. The zero-order valence-corrected chi connectivity index (χ0v) is 14.3. The minimum absolute atomic E-state index is 0.187. The van der Waals surface area contributed by atoms with Gasteiger partial charge in [0, 0.05) is 19.2 Å². The fraction of sp³-hybridized carbons (Fsp3) is 0.500. The first-order valence-electron chi connectivity index (χ1n) is 6.80. The van der Waals surface area contributed by atoms with E-state index in [0.717, 1.165) is 35.6 Å². The Morgan fingerprint density at radius 1 is 1.29 bits per heavy atom. The van der Waals surface area contributed by atoms with E-state index in [1.807, 2.05) is 0 Å². The molecule has 134 valence electrons. The highest BCUT2D eigenvalue weighted by Gasteiger charge is 2.52. The zero-order chi connectivity index (χ0) is 18.9. The molecular weight excluding hydrogens is 346 g/mol. The number of aliphatic carboxylic acids is 1. The molecule has 1 rings (SSSR count). The Hall–Kier alpha value is -1.94. The number of carboxylic acid groups (broad SMARTS) is 1. The van der Waals surface area contributed by atoms with Crippen molar-refractivity contribution in [2.75, 3.05) is 7.05 Å². The number of rotatable bonds is 6. The van der Waals surface area contributed by atoms with E-state index >= 15 is 0 Å². The molecule has 0 saturated carbocycles. The number of non-ortho nitro benzene ring substituents is 1. The van der Waals surface area contributed by atoms with Crippen LogP contribution in [0.5, 0.6) is 0 Å². The van der Waals surface area contributed by atoms with Crippen molar-refractivity contribution in [1.82, 2.24) is 4.31 Å². The maximum absolute atomic E-state index is 14.2. The minimum atomic E-state index is -4.24. The van der Waals surface area contributed by atoms with Gasteiger partial charge in [0.25, 0.3) is 5.69 Å². The van der Waals surface area contributed by atoms with Crippen molar-refractivity contribution in [3.05, 3.63) is 39.9 Å². The topological polar surface area (TPSA) is 101 Å². The van der Waals surface area contributed by atoms with Gasteiger partial charge in [-0.25, -0.2) is 13.3 Å². The van der Waals surface area contributed by atoms with Crippen LogP contribution in [0.2, 0.25) is 0 Å². The lowest BCUT2D eigenvalue weighted by Crippen LogP contribution is -2.47. The number of alkyl halides is 2. The van der Waals surface area contributed by atoms with Gasteiger partial charge in [-0.05, 0) is 26.3 Å². The second-order valence-electron chi connectivity index (χ2n) is 6.09. The van der Waals surface area contributed by atoms with Crippen molar-refractivity contribution >= 4 is 22.6 Å². The average Bonchev–Trinajstić information content (AvgIpc) is 2.45. The number of nitrogens with zero attached hydrogens (tertiary/aromatic N) is 2. The van der Waals surface area contributed by atoms with Gasteiger partial charge in [-0.2, -0.15) is 8.78 Å². The third-order valence-corrected chi connectivity index (χ3v) is 4.98. The van der Waals surface area contributed by atoms with Crippen LogP contribution in [-0.4, -0.2) is 42.2 Å². The van der Waals surface area contributed by atoms with E-state index < -0.39 is 38.6 Å². The largest absolute Gasteiger partial charge is 0.477 e. The van der Waals surface area contributed by atoms with Crippen LogP contribution in [-0.2, 0) is 15.8 Å². The van der Waals surface area contributed by atoms with Crippen molar-refractivity contribution in [2.24, 2.45) is 0 Å². The zero-order valence-electron chi connectivity index (χ0n) is 13.5. The van der Waals surface area contributed by atoms with Crippen LogP contribution in [0.3, 0.4) is 0 Å². The number of nitro groups is 1. The number of hydrogen-bond donors (Lipinski definition) is 1. The first-order chi connectivity index (χ1) is 10.8. The van der Waals surface area contributed by atoms with Gasteiger partial charge in [-0.15, -0.1) is 0 Å². The van der Waals surface area contributed by atoms with Crippen molar-refractivity contribution in [3.8, 4) is 0 Å². The third kappa shape index (κ3) is 4.12. The van der Waals surface area contributed by atoms with Crippen LogP contribution in [0.15, 0.2) is 24.3 Å². The first kappa shape index (κ1) is 20.1. The van der Waals surface area contributed by atoms with E-state index in [0.29, 0.717) is 0 Å². The highest BCUT2D eigenvalue weighted by atomic mass is 32.2. The maximum Gasteiger partial charge on any atom is 0.376 e. The Labute approximate surface area is 140 Å². The second kappa shape index (κ2) is 6.89. The van der Waals surface area contributed by atoms with Crippen molar-refractivity contribution < 1.29 is 27.8 Å². The Morgan fingerprint density at radius 2 is 1.75 bits per heavy atom. The lowest BCUT2D eigenvalue weighted by atomic mass is 10.0. The molecule has 24 heavy (non-hydrogen) atoms. The number of hydrogen-bond acceptors (Lipinski definition) is 4. The van der Waals surface area contributed by atoms with Crippen LogP contribution in [0.1, 0.15) is 32.4 Å². The van der Waals surface area contributed by atoms with Gasteiger partial charge in [0.2, 0.25) is 0 Å². The van der Waals surface area contributed by atoms with E-state index in [4.69, 9.17) is 5.11 Å². The molecule has 0 aliphatic carbocycles. The molecule has 0 spiro atoms. The van der Waals surface area contributed by atoms with E-state index in [2.05, 4.69) is 0 Å². The molecule has 1 aromatic carbocycles. The molecule has 0 amide bonds. The quantitative estimate of drug-likeness (QED) is 0.618. The minimum Gasteiger partial charge on any atom is -0.477 e. The van der Waals surface area contributed by atoms with Crippen molar-refractivity contribution in [2.45, 2.75) is 37.5 Å². The number of halogens is 2. The summed E-state index contributed by atoms with van der Waals surface area (Å²) in [5.74, 6) is -6.62. The van der Waals surface area contributed by atoms with Gasteiger partial charge >= 0.3 is 11.9 Å². The van der Waals surface area contributed by atoms with Crippen molar-refractivity contribution in [3.63, 3.8) is 0 Å². The molecule has 2 atom stereocenters. The highest BCUT2D eigenvalue weighted by molar-refractivity contribution is 7.84. The van der Waals surface area contributed by atoms with Gasteiger partial charge < -0.3 is 5.11 Å². The molecule has 1 aromatic rings. The summed E-state index contributed by atoms with van der Waals surface area (Å²) in [6.07, 6.45) is 0. The standard InChI is InChI=1S/C14H18F2N2O5S/c1-13(2,3)24(23)17(4)11(14(15,16)12(19)20)9-5-7-10(8-6-9)18(21)22/h5-8,11H,1-4H3,(H,19,20)/t11?,24-/m1/s1. The molecule has 1 N–H and O–H groups in total. The van der Waals surface area contributed by atoms with E-state index in [9.17, 15) is 27.9 Å². The molecule has 0 fully saturated rings. The van der Waals surface area contributed by atoms with Gasteiger partial charge in [0.05, 0.1) is 9.67 Å². The summed E-state index contributed by atoms with van der Waals surface area (Å²) in [4.78, 5) is 21.0. The smallest absolute Gasteiger partial charge is 0.376 e. The summed E-state index contributed by atoms with van der Waals surface area (Å²) in [5.41, 5.74) is -0.510. The third-order valence-electron chi connectivity index (χ3n) is 3.20. The van der Waals surface area contributed by atoms with E-state index in [1.54, 1.807) is 20.8 Å². The van der Waals surface area contributed by atoms with Crippen LogP contribution in [0.4, 0.5) is 14.5 Å². The van der Waals surface area contributed by atoms with Gasteiger partial charge in [-0.3, -0.25) is 10.1 Å². The number of carboxylic acids is 1. The van der Waals surface area contributed by atoms with Crippen molar-refractivity contribution in [1.29, 1.82) is 0 Å². The Kier molecular flexibility index (Phi) is 5.78. The first-order valence-corrected chi connectivity index (χ1v) is 7.91. The molecule has 0 heterocycles. The Morgan fingerprint density at radius 3 is 2.08 bits per heavy atom. The lowest BCUT2D eigenvalue weighted by Gasteiger charge is -2.35. The van der Waals surface area contributed by atoms with Gasteiger partial charge in [0.1, 0.15) is 17.0 Å². The predicted octanol–water partition coefficient (Wildman–Crippen LogP) is 2.75. The molecule has 7 nitrogen and oxygen atoms in total. The number of nitro benzene ring substituents is 1. The Bertz CT molecular complexity index is 658. The highest BCUT2D eigenvalue weighted by Crippen LogP contribution is 2.39. The number of benzene rings is 1. The molecule has 0 aliphatic heterocycles. The van der Waals surface area contributed by atoms with Crippen LogP contribution < -0.4 is 0 Å². The van der Waals surface area contributed by atoms with Crippen LogP contribution in [0, 0.1) is 10.1 Å². The van der Waals surface area contributed by atoms with E-state index in [1.165, 1.54) is 0 Å². The van der Waals surface area contributed by atoms with Crippen LogP contribution in [0.25, 0.3) is 0 Å². The molecule has 10 heteroatoms. The molecule has 0 aliphatic rings. The average molecular weight is 364 g/mol. The summed E-state index contributed by atoms with van der Waals surface area (Å²) in [6, 6.07) is 2.02. The lowest BCUT2D eigenvalue weighted by molar-refractivity contribution is -0.384. The van der Waals surface area contributed by atoms with E-state index in [-0.39, 0.29) is 11.3 Å². The second-order valence-corrected chi connectivity index (χ2v) is 8.39. The van der Waals surface area contributed by atoms with Gasteiger partial charge in [-0.1, -0.05) is 12.1 Å². The SMILES string of the molecule is CN(C(c1ccc([N+](=O)[O-])cc1)C(F)(F)C(=O)O)[S@](=O)C(C)(C)C. The van der Waals surface area contributed by atoms with Crippen LogP contribution >= 0.6 is 0 Å². The summed E-state index contributed by atoms with van der Waals surface area (Å²) >= 11 is 0. The summed E-state index contributed by atoms with van der Waals surface area (Å²) in [6.45, 7) is 4.68. The molecule has 1 unspecified atom stereocenters. The molecule has 0 bridgehead atoms. The molecule has 0 radical (unpaired) electrons. The molecule has 0 aromatic heterocycles. The Balaban J connectivity index is 3.42. The maximum atomic E-state index is 14.2. The number of carbonyl (C=O) groups is 1. The monoisotopic (exact) mass is 364 g/mol. The predicted molar refractivity (Wildman–Crippen MR) is 84.1 cm³/mol. The fourth-order valence-corrected chi connectivity index (χ4v) is 3.38. The van der Waals surface area contributed by atoms with Gasteiger partial charge in [0.15, 0.2) is 0 Å². The summed E-state index contributed by atoms with van der Waals surface area (Å²) in [5, 5.41) is 19.5. The summed E-state index contributed by atoms with van der Waals surface area (Å²) in [7, 11) is -0.804. The molecular formula is C14H18F2N2O5S. The normalized spacial score (nSPS) is 15.1.